The van der Waals surface area contributed by atoms with Crippen LogP contribution in [0.1, 0.15) is 34.4 Å². The molecule has 96 valence electrons. The van der Waals surface area contributed by atoms with Gasteiger partial charge in [0, 0.05) is 15.4 Å². The van der Waals surface area contributed by atoms with Gasteiger partial charge in [-0.25, -0.2) is 0 Å². The van der Waals surface area contributed by atoms with Crippen LogP contribution < -0.4 is 0 Å². The van der Waals surface area contributed by atoms with Gasteiger partial charge in [-0.15, -0.1) is 0 Å². The third kappa shape index (κ3) is 2.91. The molecule has 1 aromatic heterocycles. The van der Waals surface area contributed by atoms with E-state index in [0.717, 1.165) is 32.5 Å². The fourth-order valence-electron chi connectivity index (χ4n) is 1.73. The van der Waals surface area contributed by atoms with E-state index in [1.54, 1.807) is 0 Å². The Balaban J connectivity index is 2.39. The molecule has 1 nitrogen and oxygen atoms in total. The van der Waals surface area contributed by atoms with Crippen LogP contribution in [-0.4, -0.2) is 0 Å². The SMILES string of the molecule is CCc1ccc(C(Br)c2cc(Br)c(C)cc2Br)o1. The van der Waals surface area contributed by atoms with E-state index >= 15 is 0 Å². The Hall–Kier alpha value is -0.0600. The number of alkyl halides is 1. The first-order chi connectivity index (χ1) is 8.52. The number of benzene rings is 1. The highest BCUT2D eigenvalue weighted by Gasteiger charge is 2.18. The van der Waals surface area contributed by atoms with E-state index in [9.17, 15) is 0 Å². The summed E-state index contributed by atoms with van der Waals surface area (Å²) >= 11 is 10.9. The lowest BCUT2D eigenvalue weighted by molar-refractivity contribution is 0.477. The van der Waals surface area contributed by atoms with Crippen LogP contribution in [0.2, 0.25) is 0 Å². The summed E-state index contributed by atoms with van der Waals surface area (Å²) in [4.78, 5) is 0.0593. The fourth-order valence-corrected chi connectivity index (χ4v) is 3.71. The van der Waals surface area contributed by atoms with Crippen molar-refractivity contribution in [2.75, 3.05) is 0 Å². The number of hydrogen-bond donors (Lipinski definition) is 0. The quantitative estimate of drug-likeness (QED) is 0.525. The topological polar surface area (TPSA) is 13.1 Å². The second-order valence-corrected chi connectivity index (χ2v) is 6.77. The molecular weight excluding hydrogens is 424 g/mol. The number of aryl methyl sites for hydroxylation is 2. The van der Waals surface area contributed by atoms with Gasteiger partial charge in [0.1, 0.15) is 11.5 Å². The Kier molecular flexibility index (Phi) is 4.73. The molecule has 1 heterocycles. The Morgan fingerprint density at radius 1 is 1.17 bits per heavy atom. The minimum Gasteiger partial charge on any atom is -0.465 e. The van der Waals surface area contributed by atoms with Crippen LogP contribution in [0.15, 0.2) is 37.6 Å². The Labute approximate surface area is 132 Å². The smallest absolute Gasteiger partial charge is 0.122 e. The molecule has 1 aromatic carbocycles. The molecule has 0 saturated carbocycles. The van der Waals surface area contributed by atoms with Crippen molar-refractivity contribution in [2.24, 2.45) is 0 Å². The van der Waals surface area contributed by atoms with Crippen molar-refractivity contribution in [3.63, 3.8) is 0 Å². The van der Waals surface area contributed by atoms with E-state index in [0.29, 0.717) is 0 Å². The van der Waals surface area contributed by atoms with Crippen LogP contribution in [0, 0.1) is 6.92 Å². The van der Waals surface area contributed by atoms with Gasteiger partial charge < -0.3 is 4.42 Å². The van der Waals surface area contributed by atoms with Crippen molar-refractivity contribution < 1.29 is 4.42 Å². The first kappa shape index (κ1) is 14.4. The van der Waals surface area contributed by atoms with Gasteiger partial charge in [0.25, 0.3) is 0 Å². The molecule has 0 aliphatic heterocycles. The van der Waals surface area contributed by atoms with Crippen LogP contribution in [0.25, 0.3) is 0 Å². The Bertz CT molecular complexity index is 560. The molecule has 18 heavy (non-hydrogen) atoms. The van der Waals surface area contributed by atoms with Crippen molar-refractivity contribution >= 4 is 47.8 Å². The molecule has 0 amide bonds. The number of furan rings is 1. The highest BCUT2D eigenvalue weighted by atomic mass is 79.9. The molecule has 0 bridgehead atoms. The van der Waals surface area contributed by atoms with E-state index in [1.165, 1.54) is 5.56 Å². The van der Waals surface area contributed by atoms with Gasteiger partial charge in [0.2, 0.25) is 0 Å². The predicted octanol–water partition coefficient (Wildman–Crippen LogP) is 6.16. The summed E-state index contributed by atoms with van der Waals surface area (Å²) < 4.78 is 7.98. The number of hydrogen-bond acceptors (Lipinski definition) is 1. The normalized spacial score (nSPS) is 12.7. The average molecular weight is 437 g/mol. The van der Waals surface area contributed by atoms with Crippen molar-refractivity contribution in [3.05, 3.63) is 55.9 Å². The highest BCUT2D eigenvalue weighted by Crippen LogP contribution is 2.38. The molecular formula is C14H13Br3O. The minimum absolute atomic E-state index is 0.0593. The summed E-state index contributed by atoms with van der Waals surface area (Å²) in [7, 11) is 0. The Morgan fingerprint density at radius 2 is 1.89 bits per heavy atom. The average Bonchev–Trinajstić information content (AvgIpc) is 2.81. The predicted molar refractivity (Wildman–Crippen MR) is 85.4 cm³/mol. The molecule has 1 unspecified atom stereocenters. The van der Waals surface area contributed by atoms with E-state index in [4.69, 9.17) is 4.42 Å². The van der Waals surface area contributed by atoms with E-state index in [-0.39, 0.29) is 4.83 Å². The molecule has 2 aromatic rings. The zero-order valence-corrected chi connectivity index (χ0v) is 14.9. The van der Waals surface area contributed by atoms with Gasteiger partial charge in [-0.2, -0.15) is 0 Å². The monoisotopic (exact) mass is 434 g/mol. The van der Waals surface area contributed by atoms with Crippen LogP contribution >= 0.6 is 47.8 Å². The van der Waals surface area contributed by atoms with Gasteiger partial charge in [-0.05, 0) is 42.3 Å². The van der Waals surface area contributed by atoms with Crippen molar-refractivity contribution in [2.45, 2.75) is 25.1 Å². The first-order valence-electron chi connectivity index (χ1n) is 5.71. The van der Waals surface area contributed by atoms with Crippen LogP contribution in [-0.2, 0) is 6.42 Å². The summed E-state index contributed by atoms with van der Waals surface area (Å²) in [6.07, 6.45) is 0.915. The largest absolute Gasteiger partial charge is 0.465 e. The zero-order chi connectivity index (χ0) is 13.3. The lowest BCUT2D eigenvalue weighted by Crippen LogP contribution is -1.94. The van der Waals surface area contributed by atoms with Gasteiger partial charge in [-0.1, -0.05) is 54.7 Å². The fraction of sp³-hybridized carbons (Fsp3) is 0.286. The van der Waals surface area contributed by atoms with Crippen LogP contribution in [0.4, 0.5) is 0 Å². The van der Waals surface area contributed by atoms with Crippen molar-refractivity contribution in [1.29, 1.82) is 0 Å². The van der Waals surface area contributed by atoms with E-state index in [1.807, 2.05) is 12.1 Å². The van der Waals surface area contributed by atoms with Gasteiger partial charge in [-0.3, -0.25) is 0 Å². The maximum atomic E-state index is 5.79. The standard InChI is InChI=1S/C14H13Br3O/c1-3-9-4-5-13(18-9)14(17)10-7-11(15)8(2)6-12(10)16/h4-7,14H,3H2,1-2H3. The molecule has 4 heteroatoms. The highest BCUT2D eigenvalue weighted by molar-refractivity contribution is 9.11. The third-order valence-electron chi connectivity index (χ3n) is 2.83. The summed E-state index contributed by atoms with van der Waals surface area (Å²) in [6, 6.07) is 8.28. The Morgan fingerprint density at radius 3 is 2.50 bits per heavy atom. The van der Waals surface area contributed by atoms with Crippen LogP contribution in [0.5, 0.6) is 0 Å². The lowest BCUT2D eigenvalue weighted by atomic mass is 10.1. The lowest BCUT2D eigenvalue weighted by Gasteiger charge is -2.12. The second-order valence-electron chi connectivity index (χ2n) is 4.14. The van der Waals surface area contributed by atoms with E-state index in [2.05, 4.69) is 73.8 Å². The van der Waals surface area contributed by atoms with Gasteiger partial charge in [0.15, 0.2) is 0 Å². The molecule has 0 aliphatic rings. The van der Waals surface area contributed by atoms with Crippen molar-refractivity contribution in [3.8, 4) is 0 Å². The molecule has 0 saturated heterocycles. The summed E-state index contributed by atoms with van der Waals surface area (Å²) in [5, 5.41) is 0. The maximum Gasteiger partial charge on any atom is 0.122 e. The maximum absolute atomic E-state index is 5.79. The molecule has 0 N–H and O–H groups in total. The van der Waals surface area contributed by atoms with E-state index < -0.39 is 0 Å². The van der Waals surface area contributed by atoms with Gasteiger partial charge in [0.05, 0.1) is 4.83 Å². The van der Waals surface area contributed by atoms with Crippen molar-refractivity contribution in [1.82, 2.24) is 0 Å². The molecule has 0 fully saturated rings. The zero-order valence-electron chi connectivity index (χ0n) is 10.1. The number of halogens is 3. The second kappa shape index (κ2) is 5.93. The van der Waals surface area contributed by atoms with Crippen LogP contribution in [0.3, 0.4) is 0 Å². The minimum atomic E-state index is 0.0593. The number of rotatable bonds is 3. The first-order valence-corrected chi connectivity index (χ1v) is 8.21. The molecule has 2 rings (SSSR count). The summed E-state index contributed by atoms with van der Waals surface area (Å²) in [5.74, 6) is 1.94. The third-order valence-corrected chi connectivity index (χ3v) is 5.32. The summed E-state index contributed by atoms with van der Waals surface area (Å²) in [6.45, 7) is 4.16. The van der Waals surface area contributed by atoms with Gasteiger partial charge >= 0.3 is 0 Å². The molecule has 0 aliphatic carbocycles. The molecule has 0 spiro atoms. The molecule has 1 atom stereocenters. The summed E-state index contributed by atoms with van der Waals surface area (Å²) in [5.41, 5.74) is 2.36. The molecule has 0 radical (unpaired) electrons.